The summed E-state index contributed by atoms with van der Waals surface area (Å²) in [5.41, 5.74) is 1.99. The van der Waals surface area contributed by atoms with Gasteiger partial charge in [-0.25, -0.2) is 0 Å². The molecule has 1 saturated heterocycles. The summed E-state index contributed by atoms with van der Waals surface area (Å²) in [7, 11) is 3.97. The van der Waals surface area contributed by atoms with Gasteiger partial charge in [0.1, 0.15) is 0 Å². The predicted molar refractivity (Wildman–Crippen MR) is 108 cm³/mol. The van der Waals surface area contributed by atoms with Crippen molar-refractivity contribution in [1.29, 1.82) is 0 Å². The number of carbonyl (C=O) groups is 2. The Hall–Kier alpha value is -1.27. The van der Waals surface area contributed by atoms with E-state index in [4.69, 9.17) is 0 Å². The van der Waals surface area contributed by atoms with Crippen molar-refractivity contribution in [2.75, 3.05) is 25.5 Å². The van der Waals surface area contributed by atoms with Gasteiger partial charge in [-0.3, -0.25) is 14.5 Å². The van der Waals surface area contributed by atoms with E-state index in [0.717, 1.165) is 40.3 Å². The van der Waals surface area contributed by atoms with Crippen molar-refractivity contribution in [3.8, 4) is 0 Å². The smallest absolute Gasteiger partial charge is 0.293 e. The number of hydrogen-bond acceptors (Lipinski definition) is 4. The third kappa shape index (κ3) is 4.29. The second-order valence-corrected chi connectivity index (χ2v) is 8.75. The van der Waals surface area contributed by atoms with Crippen LogP contribution in [0.5, 0.6) is 0 Å². The summed E-state index contributed by atoms with van der Waals surface area (Å²) in [5, 5.41) is -0.134. The van der Waals surface area contributed by atoms with Gasteiger partial charge in [-0.1, -0.05) is 25.3 Å². The molecule has 0 radical (unpaired) electrons. The molecule has 0 bridgehead atoms. The Kier molecular flexibility index (Phi) is 5.89. The van der Waals surface area contributed by atoms with Gasteiger partial charge in [0.05, 0.1) is 10.6 Å². The molecule has 2 amide bonds. The molecule has 1 aromatic carbocycles. The number of hydrogen-bond donors (Lipinski definition) is 0. The van der Waals surface area contributed by atoms with Crippen molar-refractivity contribution in [1.82, 2.24) is 4.90 Å². The van der Waals surface area contributed by atoms with Gasteiger partial charge >= 0.3 is 0 Å². The zero-order valence-corrected chi connectivity index (χ0v) is 17.0. The van der Waals surface area contributed by atoms with Gasteiger partial charge in [0.25, 0.3) is 11.1 Å². The quantitative estimate of drug-likeness (QED) is 0.630. The average molecular weight is 423 g/mol. The molecule has 0 spiro atoms. The molecule has 1 aliphatic heterocycles. The number of anilines is 1. The van der Waals surface area contributed by atoms with E-state index in [1.807, 2.05) is 43.3 Å². The number of thioether (sulfide) groups is 1. The van der Waals surface area contributed by atoms with Crippen molar-refractivity contribution in [2.24, 2.45) is 5.92 Å². The number of amides is 2. The fourth-order valence-electron chi connectivity index (χ4n) is 3.41. The lowest BCUT2D eigenvalue weighted by Crippen LogP contribution is -2.34. The van der Waals surface area contributed by atoms with Crippen LogP contribution >= 0.6 is 27.7 Å². The van der Waals surface area contributed by atoms with E-state index < -0.39 is 0 Å². The summed E-state index contributed by atoms with van der Waals surface area (Å²) in [4.78, 5) is 28.9. The van der Waals surface area contributed by atoms with Crippen LogP contribution in [0.15, 0.2) is 27.6 Å². The van der Waals surface area contributed by atoms with Gasteiger partial charge in [0.15, 0.2) is 0 Å². The number of carbonyl (C=O) groups excluding carboxylic acids is 2. The van der Waals surface area contributed by atoms with Crippen molar-refractivity contribution < 1.29 is 9.59 Å². The topological polar surface area (TPSA) is 40.6 Å². The highest BCUT2D eigenvalue weighted by molar-refractivity contribution is 9.10. The highest BCUT2D eigenvalue weighted by Gasteiger charge is 2.36. The summed E-state index contributed by atoms with van der Waals surface area (Å²) in [6.07, 6.45) is 7.76. The van der Waals surface area contributed by atoms with Gasteiger partial charge in [-0.05, 0) is 70.2 Å². The second kappa shape index (κ2) is 7.96. The molecule has 1 aromatic rings. The Balaban J connectivity index is 1.74. The molecule has 1 aliphatic carbocycles. The molecule has 0 unspecified atom stereocenters. The van der Waals surface area contributed by atoms with Gasteiger partial charge in [-0.15, -0.1) is 0 Å². The minimum Gasteiger partial charge on any atom is -0.377 e. The van der Waals surface area contributed by atoms with E-state index >= 15 is 0 Å². The molecule has 2 fully saturated rings. The lowest BCUT2D eigenvalue weighted by molar-refractivity contribution is -0.123. The number of halogens is 1. The maximum absolute atomic E-state index is 12.7. The first-order valence-electron chi connectivity index (χ1n) is 8.68. The van der Waals surface area contributed by atoms with Crippen LogP contribution < -0.4 is 4.90 Å². The highest BCUT2D eigenvalue weighted by atomic mass is 79.9. The molecule has 3 rings (SSSR count). The third-order valence-corrected chi connectivity index (χ3v) is 6.33. The van der Waals surface area contributed by atoms with E-state index in [-0.39, 0.29) is 11.1 Å². The molecule has 0 aromatic heterocycles. The summed E-state index contributed by atoms with van der Waals surface area (Å²) < 4.78 is 0.965. The minimum absolute atomic E-state index is 0.134. The highest BCUT2D eigenvalue weighted by Crippen LogP contribution is 2.35. The van der Waals surface area contributed by atoms with E-state index in [1.54, 1.807) is 0 Å². The average Bonchev–Trinajstić information content (AvgIpc) is 2.83. The van der Waals surface area contributed by atoms with Crippen LogP contribution in [0.25, 0.3) is 6.08 Å². The van der Waals surface area contributed by atoms with Crippen LogP contribution in [0.3, 0.4) is 0 Å². The maximum Gasteiger partial charge on any atom is 0.293 e. The molecule has 134 valence electrons. The summed E-state index contributed by atoms with van der Waals surface area (Å²) in [6, 6.07) is 5.95. The normalized spacial score (nSPS) is 20.6. The van der Waals surface area contributed by atoms with E-state index in [9.17, 15) is 9.59 Å². The molecular formula is C19H23BrN2O2S. The first-order valence-corrected chi connectivity index (χ1v) is 10.3. The Morgan fingerprint density at radius 2 is 1.96 bits per heavy atom. The molecule has 1 heterocycles. The number of imide groups is 1. The standard InChI is InChI=1S/C19H23BrN2O2S/c1-21(2)16-9-8-14(10-15(16)20)11-17-18(23)22(19(24)25-17)12-13-6-4-3-5-7-13/h8-11,13H,3-7,12H2,1-2H3/b17-11+. The van der Waals surface area contributed by atoms with Crippen molar-refractivity contribution >= 4 is 50.6 Å². The lowest BCUT2D eigenvalue weighted by Gasteiger charge is -2.25. The Morgan fingerprint density at radius 3 is 2.60 bits per heavy atom. The third-order valence-electron chi connectivity index (χ3n) is 4.79. The van der Waals surface area contributed by atoms with E-state index in [2.05, 4.69) is 15.9 Å². The summed E-state index contributed by atoms with van der Waals surface area (Å²) in [6.45, 7) is 0.575. The zero-order chi connectivity index (χ0) is 18.0. The van der Waals surface area contributed by atoms with Gasteiger partial charge < -0.3 is 4.90 Å². The van der Waals surface area contributed by atoms with Crippen LogP contribution in [0.4, 0.5) is 10.5 Å². The number of rotatable bonds is 4. The molecule has 6 heteroatoms. The lowest BCUT2D eigenvalue weighted by atomic mass is 9.89. The van der Waals surface area contributed by atoms with E-state index in [0.29, 0.717) is 17.4 Å². The summed E-state index contributed by atoms with van der Waals surface area (Å²) in [5.74, 6) is 0.323. The van der Waals surface area contributed by atoms with Gasteiger partial charge in [-0.2, -0.15) is 0 Å². The summed E-state index contributed by atoms with van der Waals surface area (Å²) >= 11 is 4.62. The minimum atomic E-state index is -0.145. The molecule has 25 heavy (non-hydrogen) atoms. The van der Waals surface area contributed by atoms with Crippen LogP contribution in [0, 0.1) is 5.92 Å². The van der Waals surface area contributed by atoms with E-state index in [1.165, 1.54) is 24.2 Å². The maximum atomic E-state index is 12.7. The zero-order valence-electron chi connectivity index (χ0n) is 14.6. The molecule has 0 N–H and O–H groups in total. The molecular weight excluding hydrogens is 400 g/mol. The SMILES string of the molecule is CN(C)c1ccc(/C=C2/SC(=O)N(CC3CCCCC3)C2=O)cc1Br. The van der Waals surface area contributed by atoms with Crippen molar-refractivity contribution in [3.05, 3.63) is 33.1 Å². The molecule has 1 saturated carbocycles. The molecule has 4 nitrogen and oxygen atoms in total. The molecule has 0 atom stereocenters. The fourth-order valence-corrected chi connectivity index (χ4v) is 5.01. The number of nitrogens with zero attached hydrogens (tertiary/aromatic N) is 2. The first kappa shape index (κ1) is 18.5. The van der Waals surface area contributed by atoms with Crippen LogP contribution in [0.2, 0.25) is 0 Å². The second-order valence-electron chi connectivity index (χ2n) is 6.90. The first-order chi connectivity index (χ1) is 12.0. The van der Waals surface area contributed by atoms with Gasteiger partial charge in [0.2, 0.25) is 0 Å². The Bertz CT molecular complexity index is 711. The monoisotopic (exact) mass is 422 g/mol. The number of benzene rings is 1. The molecule has 2 aliphatic rings. The van der Waals surface area contributed by atoms with Crippen LogP contribution in [-0.4, -0.2) is 36.7 Å². The van der Waals surface area contributed by atoms with Crippen molar-refractivity contribution in [3.63, 3.8) is 0 Å². The predicted octanol–water partition coefficient (Wildman–Crippen LogP) is 5.13. The van der Waals surface area contributed by atoms with Crippen molar-refractivity contribution in [2.45, 2.75) is 32.1 Å². The Labute approximate surface area is 161 Å². The van der Waals surface area contributed by atoms with Crippen LogP contribution in [0.1, 0.15) is 37.7 Å². The fraction of sp³-hybridized carbons (Fsp3) is 0.474. The Morgan fingerprint density at radius 1 is 1.24 bits per heavy atom. The van der Waals surface area contributed by atoms with Gasteiger partial charge in [0, 0.05) is 25.1 Å². The largest absolute Gasteiger partial charge is 0.377 e. The van der Waals surface area contributed by atoms with Crippen LogP contribution in [-0.2, 0) is 4.79 Å².